The summed E-state index contributed by atoms with van der Waals surface area (Å²) in [4.78, 5) is 27.0. The molecule has 0 saturated carbocycles. The summed E-state index contributed by atoms with van der Waals surface area (Å²) < 4.78 is 26.3. The van der Waals surface area contributed by atoms with Crippen molar-refractivity contribution in [3.63, 3.8) is 0 Å². The second-order valence-corrected chi connectivity index (χ2v) is 8.85. The van der Waals surface area contributed by atoms with Crippen molar-refractivity contribution < 1.29 is 23.5 Å². The third kappa shape index (κ3) is 5.45. The van der Waals surface area contributed by atoms with Gasteiger partial charge >= 0.3 is 0 Å². The second-order valence-electron chi connectivity index (χ2n) is 8.85. The number of ether oxygens (including phenoxy) is 2. The predicted molar refractivity (Wildman–Crippen MR) is 130 cm³/mol. The Labute approximate surface area is 204 Å². The van der Waals surface area contributed by atoms with Crippen LogP contribution in [0.2, 0.25) is 0 Å². The van der Waals surface area contributed by atoms with E-state index in [1.807, 2.05) is 23.9 Å². The molecule has 2 heterocycles. The molecular weight excluding hydrogens is 451 g/mol. The van der Waals surface area contributed by atoms with E-state index in [1.54, 1.807) is 24.1 Å². The van der Waals surface area contributed by atoms with Gasteiger partial charge in [0.1, 0.15) is 11.6 Å². The fraction of sp³-hybridized carbons (Fsp3) is 0.423. The van der Waals surface area contributed by atoms with Crippen LogP contribution in [0.1, 0.15) is 39.1 Å². The number of likely N-dealkylation sites (tertiary alicyclic amines) is 1. The first-order valence-electron chi connectivity index (χ1n) is 11.8. The van der Waals surface area contributed by atoms with Gasteiger partial charge < -0.3 is 19.7 Å². The number of halogens is 1. The summed E-state index contributed by atoms with van der Waals surface area (Å²) in [5.41, 5.74) is 2.44. The van der Waals surface area contributed by atoms with Gasteiger partial charge in [0.15, 0.2) is 0 Å². The topological polar surface area (TPSA) is 85.7 Å². The van der Waals surface area contributed by atoms with Crippen molar-refractivity contribution in [1.82, 2.24) is 20.0 Å². The number of amides is 2. The van der Waals surface area contributed by atoms with Crippen LogP contribution in [0.4, 0.5) is 4.39 Å². The molecule has 0 radical (unpaired) electrons. The van der Waals surface area contributed by atoms with Gasteiger partial charge in [-0.1, -0.05) is 0 Å². The van der Waals surface area contributed by atoms with Gasteiger partial charge in [0, 0.05) is 56.5 Å². The minimum atomic E-state index is -0.568. The zero-order chi connectivity index (χ0) is 24.9. The number of piperidine rings is 1. The number of nitrogens with one attached hydrogen (secondary N) is 1. The summed E-state index contributed by atoms with van der Waals surface area (Å²) in [7, 11) is 3.06. The Morgan fingerprint density at radius 2 is 1.89 bits per heavy atom. The number of hydrogen-bond acceptors (Lipinski definition) is 5. The maximum atomic E-state index is 14.3. The molecule has 0 bridgehead atoms. The Morgan fingerprint density at radius 1 is 1.14 bits per heavy atom. The zero-order valence-corrected chi connectivity index (χ0v) is 20.3. The lowest BCUT2D eigenvalue weighted by atomic mass is 9.96. The maximum Gasteiger partial charge on any atom is 0.256 e. The second kappa shape index (κ2) is 10.9. The number of carbonyl (C=O) groups excluding carboxylic acids is 2. The van der Waals surface area contributed by atoms with Gasteiger partial charge in [-0.2, -0.15) is 5.10 Å². The molecule has 3 aromatic rings. The molecule has 4 rings (SSSR count). The molecule has 1 saturated heterocycles. The van der Waals surface area contributed by atoms with Crippen molar-refractivity contribution in [1.29, 1.82) is 0 Å². The first kappa shape index (κ1) is 24.7. The molecule has 0 unspecified atom stereocenters. The molecular formula is C26H31FN4O4. The van der Waals surface area contributed by atoms with Gasteiger partial charge in [0.05, 0.1) is 24.8 Å². The van der Waals surface area contributed by atoms with Gasteiger partial charge in [-0.25, -0.2) is 4.39 Å². The van der Waals surface area contributed by atoms with E-state index in [2.05, 4.69) is 5.32 Å². The standard InChI is InChI=1S/C26H31FN4O4/c1-17-20(25(32)28-10-13-34-2)6-7-24-22(17)16-31(29-24)15-18-8-11-30(12-9-18)26(33)21-5-4-19(35-3)14-23(21)27/h4-7,14,16,18H,8-13,15H2,1-3H3,(H,28,32). The molecule has 9 heteroatoms. The summed E-state index contributed by atoms with van der Waals surface area (Å²) in [5, 5.41) is 8.51. The van der Waals surface area contributed by atoms with Gasteiger partial charge in [0.2, 0.25) is 0 Å². The van der Waals surface area contributed by atoms with Gasteiger partial charge in [-0.05, 0) is 55.5 Å². The molecule has 186 valence electrons. The van der Waals surface area contributed by atoms with Crippen molar-refractivity contribution in [2.24, 2.45) is 5.92 Å². The Kier molecular flexibility index (Phi) is 7.65. The van der Waals surface area contributed by atoms with Crippen LogP contribution < -0.4 is 10.1 Å². The van der Waals surface area contributed by atoms with Crippen LogP contribution in [0, 0.1) is 18.7 Å². The maximum absolute atomic E-state index is 14.3. The molecule has 1 N–H and O–H groups in total. The monoisotopic (exact) mass is 482 g/mol. The van der Waals surface area contributed by atoms with E-state index in [-0.39, 0.29) is 17.4 Å². The highest BCUT2D eigenvalue weighted by Gasteiger charge is 2.26. The molecule has 1 aromatic heterocycles. The SMILES string of the molecule is COCCNC(=O)c1ccc2nn(CC3CCN(C(=O)c4ccc(OC)cc4F)CC3)cc2c1C. The zero-order valence-electron chi connectivity index (χ0n) is 20.3. The molecule has 2 aromatic carbocycles. The van der Waals surface area contributed by atoms with Crippen LogP contribution in [0.3, 0.4) is 0 Å². The van der Waals surface area contributed by atoms with Crippen LogP contribution in [0.25, 0.3) is 10.9 Å². The number of benzene rings is 2. The Hall–Kier alpha value is -3.46. The van der Waals surface area contributed by atoms with Crippen molar-refractivity contribution >= 4 is 22.7 Å². The quantitative estimate of drug-likeness (QED) is 0.498. The normalized spacial score (nSPS) is 14.3. The lowest BCUT2D eigenvalue weighted by molar-refractivity contribution is 0.0676. The summed E-state index contributed by atoms with van der Waals surface area (Å²) in [6.45, 7) is 4.72. The number of fused-ring (bicyclic) bond motifs is 1. The van der Waals surface area contributed by atoms with Crippen LogP contribution in [-0.2, 0) is 11.3 Å². The lowest BCUT2D eigenvalue weighted by Crippen LogP contribution is -2.39. The number of aromatic nitrogens is 2. The predicted octanol–water partition coefficient (Wildman–Crippen LogP) is 3.42. The van der Waals surface area contributed by atoms with Crippen molar-refractivity contribution in [3.05, 3.63) is 59.0 Å². The largest absolute Gasteiger partial charge is 0.497 e. The fourth-order valence-electron chi connectivity index (χ4n) is 4.53. The van der Waals surface area contributed by atoms with Crippen molar-refractivity contribution in [2.45, 2.75) is 26.3 Å². The first-order chi connectivity index (χ1) is 16.9. The van der Waals surface area contributed by atoms with E-state index in [4.69, 9.17) is 14.6 Å². The third-order valence-corrected chi connectivity index (χ3v) is 6.60. The van der Waals surface area contributed by atoms with Crippen molar-refractivity contribution in [2.75, 3.05) is 40.5 Å². The van der Waals surface area contributed by atoms with Gasteiger partial charge in [0.25, 0.3) is 11.8 Å². The lowest BCUT2D eigenvalue weighted by Gasteiger charge is -2.32. The Balaban J connectivity index is 1.38. The van der Waals surface area contributed by atoms with Crippen LogP contribution in [0.5, 0.6) is 5.75 Å². The number of carbonyl (C=O) groups is 2. The highest BCUT2D eigenvalue weighted by molar-refractivity contribution is 6.00. The van der Waals surface area contributed by atoms with E-state index in [9.17, 15) is 14.0 Å². The highest BCUT2D eigenvalue weighted by atomic mass is 19.1. The Morgan fingerprint density at radius 3 is 2.57 bits per heavy atom. The van der Waals surface area contributed by atoms with E-state index in [0.717, 1.165) is 35.9 Å². The third-order valence-electron chi connectivity index (χ3n) is 6.60. The minimum absolute atomic E-state index is 0.0695. The number of aryl methyl sites for hydroxylation is 1. The molecule has 2 amide bonds. The summed E-state index contributed by atoms with van der Waals surface area (Å²) in [6.07, 6.45) is 3.61. The molecule has 1 fully saturated rings. The number of rotatable bonds is 8. The highest BCUT2D eigenvalue weighted by Crippen LogP contribution is 2.25. The first-order valence-corrected chi connectivity index (χ1v) is 11.8. The Bertz CT molecular complexity index is 1220. The number of nitrogens with zero attached hydrogens (tertiary/aromatic N) is 3. The summed E-state index contributed by atoms with van der Waals surface area (Å²) in [6, 6.07) is 7.99. The molecule has 0 spiro atoms. The molecule has 0 aliphatic carbocycles. The molecule has 1 aliphatic rings. The average molecular weight is 483 g/mol. The van der Waals surface area contributed by atoms with Crippen molar-refractivity contribution in [3.8, 4) is 5.75 Å². The molecule has 1 aliphatic heterocycles. The minimum Gasteiger partial charge on any atom is -0.497 e. The number of hydrogen-bond donors (Lipinski definition) is 1. The van der Waals surface area contributed by atoms with Crippen LogP contribution in [0.15, 0.2) is 36.5 Å². The number of methoxy groups -OCH3 is 2. The van der Waals surface area contributed by atoms with Gasteiger partial charge in [-0.3, -0.25) is 14.3 Å². The van der Waals surface area contributed by atoms with E-state index >= 15 is 0 Å². The van der Waals surface area contributed by atoms with Gasteiger partial charge in [-0.15, -0.1) is 0 Å². The van der Waals surface area contributed by atoms with Crippen LogP contribution in [-0.4, -0.2) is 67.0 Å². The summed E-state index contributed by atoms with van der Waals surface area (Å²) in [5.74, 6) is -0.244. The fourth-order valence-corrected chi connectivity index (χ4v) is 4.53. The summed E-state index contributed by atoms with van der Waals surface area (Å²) >= 11 is 0. The van der Waals surface area contributed by atoms with E-state index < -0.39 is 5.82 Å². The van der Waals surface area contributed by atoms with E-state index in [0.29, 0.717) is 43.5 Å². The molecule has 0 atom stereocenters. The molecule has 8 nitrogen and oxygen atoms in total. The smallest absolute Gasteiger partial charge is 0.256 e. The van der Waals surface area contributed by atoms with E-state index in [1.165, 1.54) is 19.2 Å². The average Bonchev–Trinajstić information content (AvgIpc) is 3.27. The van der Waals surface area contributed by atoms with Crippen LogP contribution >= 0.6 is 0 Å². The molecule has 35 heavy (non-hydrogen) atoms.